The van der Waals surface area contributed by atoms with E-state index < -0.39 is 0 Å². The molecule has 0 bridgehead atoms. The van der Waals surface area contributed by atoms with Gasteiger partial charge in [0, 0.05) is 24.4 Å². The molecule has 2 aromatic heterocycles. The van der Waals surface area contributed by atoms with Crippen molar-refractivity contribution in [3.63, 3.8) is 0 Å². The van der Waals surface area contributed by atoms with E-state index in [1.54, 1.807) is 11.3 Å². The van der Waals surface area contributed by atoms with Gasteiger partial charge in [0.25, 0.3) is 0 Å². The van der Waals surface area contributed by atoms with Crippen LogP contribution in [-0.2, 0) is 6.42 Å². The molecule has 0 aliphatic carbocycles. The maximum atomic E-state index is 4.46. The molecule has 96 valence electrons. The van der Waals surface area contributed by atoms with Gasteiger partial charge in [-0.1, -0.05) is 6.07 Å². The summed E-state index contributed by atoms with van der Waals surface area (Å²) in [6, 6.07) is 6.63. The number of likely N-dealkylation sites (N-methyl/N-ethyl adjacent to an activating group) is 1. The maximum Gasteiger partial charge on any atom is 0.0758 e. The molecule has 0 amide bonds. The van der Waals surface area contributed by atoms with Crippen molar-refractivity contribution in [1.29, 1.82) is 0 Å². The number of rotatable bonds is 4. The molecule has 1 unspecified atom stereocenters. The van der Waals surface area contributed by atoms with Gasteiger partial charge >= 0.3 is 0 Å². The lowest BCUT2D eigenvalue weighted by Gasteiger charge is -2.15. The fraction of sp³-hybridized carbons (Fsp3) is 0.308. The Morgan fingerprint density at radius 3 is 2.67 bits per heavy atom. The molecule has 18 heavy (non-hydrogen) atoms. The normalized spacial score (nSPS) is 12.7. The first-order valence-electron chi connectivity index (χ1n) is 5.63. The van der Waals surface area contributed by atoms with Gasteiger partial charge in [0.15, 0.2) is 0 Å². The van der Waals surface area contributed by atoms with Gasteiger partial charge in [-0.15, -0.1) is 11.3 Å². The van der Waals surface area contributed by atoms with Gasteiger partial charge in [-0.3, -0.25) is 4.98 Å². The Morgan fingerprint density at radius 2 is 2.17 bits per heavy atom. The summed E-state index contributed by atoms with van der Waals surface area (Å²) >= 11 is 8.83. The molecule has 0 saturated carbocycles. The highest BCUT2D eigenvalue weighted by Gasteiger charge is 2.16. The molecule has 0 radical (unpaired) electrons. The summed E-state index contributed by atoms with van der Waals surface area (Å²) in [5, 5.41) is 3.35. The van der Waals surface area contributed by atoms with Crippen LogP contribution in [0.3, 0.4) is 0 Å². The Balaban J connectivity index is 2.19. The van der Waals surface area contributed by atoms with E-state index in [9.17, 15) is 0 Å². The lowest BCUT2D eigenvalue weighted by Crippen LogP contribution is -2.19. The van der Waals surface area contributed by atoms with E-state index in [2.05, 4.69) is 67.3 Å². The van der Waals surface area contributed by atoms with Crippen molar-refractivity contribution in [3.05, 3.63) is 48.8 Å². The molecule has 0 saturated heterocycles. The first kappa shape index (κ1) is 14.2. The first-order chi connectivity index (χ1) is 8.60. The molecule has 0 aliphatic heterocycles. The van der Waals surface area contributed by atoms with E-state index in [1.807, 2.05) is 13.2 Å². The molecule has 1 N–H and O–H groups in total. The topological polar surface area (TPSA) is 24.9 Å². The van der Waals surface area contributed by atoms with Gasteiger partial charge in [-0.05, 0) is 69.1 Å². The third kappa shape index (κ3) is 3.41. The number of hydrogen-bond donors (Lipinski definition) is 1. The Kier molecular flexibility index (Phi) is 4.95. The highest BCUT2D eigenvalue weighted by atomic mass is 79.9. The molecule has 0 fully saturated rings. The van der Waals surface area contributed by atoms with Crippen molar-refractivity contribution >= 4 is 43.2 Å². The average Bonchev–Trinajstić information content (AvgIpc) is 2.68. The molecule has 1 atom stereocenters. The number of pyridine rings is 1. The Hall–Kier alpha value is -0.230. The van der Waals surface area contributed by atoms with Crippen LogP contribution < -0.4 is 5.32 Å². The minimum absolute atomic E-state index is 0.275. The molecule has 2 rings (SSSR count). The molecule has 0 spiro atoms. The Morgan fingerprint density at radius 1 is 1.39 bits per heavy atom. The summed E-state index contributed by atoms with van der Waals surface area (Å²) in [5.74, 6) is 0. The zero-order chi connectivity index (χ0) is 13.1. The van der Waals surface area contributed by atoms with Crippen LogP contribution in [0.15, 0.2) is 32.0 Å². The van der Waals surface area contributed by atoms with Gasteiger partial charge in [-0.2, -0.15) is 0 Å². The van der Waals surface area contributed by atoms with Crippen molar-refractivity contribution in [2.45, 2.75) is 19.4 Å². The number of halogens is 2. The quantitative estimate of drug-likeness (QED) is 0.833. The van der Waals surface area contributed by atoms with Gasteiger partial charge in [-0.25, -0.2) is 0 Å². The van der Waals surface area contributed by atoms with Gasteiger partial charge in [0.1, 0.15) is 0 Å². The smallest absolute Gasteiger partial charge is 0.0758 e. The fourth-order valence-corrected chi connectivity index (χ4v) is 4.76. The molecule has 2 nitrogen and oxygen atoms in total. The summed E-state index contributed by atoms with van der Waals surface area (Å²) in [7, 11) is 1.98. The van der Waals surface area contributed by atoms with E-state index >= 15 is 0 Å². The number of nitrogens with one attached hydrogen (secondary N) is 1. The summed E-state index contributed by atoms with van der Waals surface area (Å²) in [5.41, 5.74) is 3.57. The zero-order valence-electron chi connectivity index (χ0n) is 10.2. The van der Waals surface area contributed by atoms with Crippen molar-refractivity contribution in [3.8, 4) is 0 Å². The Labute approximate surface area is 128 Å². The summed E-state index contributed by atoms with van der Waals surface area (Å²) in [4.78, 5) is 4.46. The second-order valence-electron chi connectivity index (χ2n) is 4.15. The van der Waals surface area contributed by atoms with Gasteiger partial charge < -0.3 is 5.32 Å². The highest BCUT2D eigenvalue weighted by Crippen LogP contribution is 2.36. The zero-order valence-corrected chi connectivity index (χ0v) is 14.2. The highest BCUT2D eigenvalue weighted by molar-refractivity contribution is 9.12. The number of aromatic nitrogens is 1. The lowest BCUT2D eigenvalue weighted by atomic mass is 10.0. The molecule has 0 aromatic carbocycles. The SMILES string of the molecule is CNC(Cc1ccc(C)cn1)c1cc(Br)sc1Br. The third-order valence-corrected chi connectivity index (χ3v) is 5.18. The number of nitrogens with zero attached hydrogens (tertiary/aromatic N) is 1. The van der Waals surface area contributed by atoms with Crippen LogP contribution in [-0.4, -0.2) is 12.0 Å². The van der Waals surface area contributed by atoms with Crippen LogP contribution in [0.2, 0.25) is 0 Å². The largest absolute Gasteiger partial charge is 0.313 e. The van der Waals surface area contributed by atoms with E-state index in [4.69, 9.17) is 0 Å². The lowest BCUT2D eigenvalue weighted by molar-refractivity contribution is 0.584. The van der Waals surface area contributed by atoms with Crippen LogP contribution in [0.25, 0.3) is 0 Å². The molecular formula is C13H14Br2N2S. The van der Waals surface area contributed by atoms with E-state index in [0.717, 1.165) is 15.9 Å². The van der Waals surface area contributed by atoms with Gasteiger partial charge in [0.2, 0.25) is 0 Å². The van der Waals surface area contributed by atoms with E-state index in [0.29, 0.717) is 0 Å². The minimum atomic E-state index is 0.275. The standard InChI is InChI=1S/C13H14Br2N2S/c1-8-3-4-9(17-7-8)5-11(16-2)10-6-12(14)18-13(10)15/h3-4,6-7,11,16H,5H2,1-2H3. The van der Waals surface area contributed by atoms with Crippen LogP contribution in [0.5, 0.6) is 0 Å². The van der Waals surface area contributed by atoms with Crippen molar-refractivity contribution in [1.82, 2.24) is 10.3 Å². The minimum Gasteiger partial charge on any atom is -0.313 e. The van der Waals surface area contributed by atoms with E-state index in [1.165, 1.54) is 14.9 Å². The molecule has 2 heterocycles. The van der Waals surface area contributed by atoms with Crippen LogP contribution in [0, 0.1) is 6.92 Å². The predicted octanol–water partition coefficient (Wildman–Crippen LogP) is 4.48. The second kappa shape index (κ2) is 6.28. The predicted molar refractivity (Wildman–Crippen MR) is 84.2 cm³/mol. The first-order valence-corrected chi connectivity index (χ1v) is 8.04. The van der Waals surface area contributed by atoms with Crippen molar-refractivity contribution in [2.24, 2.45) is 0 Å². The monoisotopic (exact) mass is 388 g/mol. The number of thiophene rings is 1. The fourth-order valence-electron chi connectivity index (χ4n) is 1.79. The maximum absolute atomic E-state index is 4.46. The third-order valence-electron chi connectivity index (χ3n) is 2.79. The van der Waals surface area contributed by atoms with Crippen LogP contribution >= 0.6 is 43.2 Å². The second-order valence-corrected chi connectivity index (χ2v) is 7.90. The average molecular weight is 390 g/mol. The molecular weight excluding hydrogens is 376 g/mol. The van der Waals surface area contributed by atoms with Crippen LogP contribution in [0.4, 0.5) is 0 Å². The summed E-state index contributed by atoms with van der Waals surface area (Å²) < 4.78 is 2.31. The molecule has 2 aromatic rings. The van der Waals surface area contributed by atoms with Crippen molar-refractivity contribution < 1.29 is 0 Å². The Bertz CT molecular complexity index is 522. The van der Waals surface area contributed by atoms with Crippen LogP contribution in [0.1, 0.15) is 22.9 Å². The van der Waals surface area contributed by atoms with Gasteiger partial charge in [0.05, 0.1) is 7.57 Å². The summed E-state index contributed by atoms with van der Waals surface area (Å²) in [6.45, 7) is 2.05. The van der Waals surface area contributed by atoms with E-state index in [-0.39, 0.29) is 6.04 Å². The summed E-state index contributed by atoms with van der Waals surface area (Å²) in [6.07, 6.45) is 2.80. The number of aryl methyl sites for hydroxylation is 1. The molecule has 5 heteroatoms. The number of hydrogen-bond acceptors (Lipinski definition) is 3. The van der Waals surface area contributed by atoms with Crippen molar-refractivity contribution in [2.75, 3.05) is 7.05 Å². The molecule has 0 aliphatic rings.